The van der Waals surface area contributed by atoms with Crippen LogP contribution >= 0.6 is 0 Å². The second-order valence-corrected chi connectivity index (χ2v) is 12.1. The lowest BCUT2D eigenvalue weighted by molar-refractivity contribution is -0.137. The monoisotopic (exact) mass is 574 g/mol. The Kier molecular flexibility index (Phi) is 9.27. The standard InChI is InChI=1S/C29H33F3N4O3S/c1-20(2)23-5-3-21(4-6-23)19-35-28(37)27-17-25(34-18-22-11-14-33-15-12-22)13-16-36(27)40(38,39)26-9-7-24(8-10-26)29(30,31)32/h3-12,14-15,20,25,27,34H,13,16-19H2,1-2H3,(H,35,37)/t25-,27-/m1/s1. The summed E-state index contributed by atoms with van der Waals surface area (Å²) >= 11 is 0. The summed E-state index contributed by atoms with van der Waals surface area (Å²) in [5.41, 5.74) is 2.10. The summed E-state index contributed by atoms with van der Waals surface area (Å²) in [4.78, 5) is 17.2. The number of hydrogen-bond acceptors (Lipinski definition) is 5. The second kappa shape index (κ2) is 12.5. The van der Waals surface area contributed by atoms with Crippen LogP contribution in [-0.4, -0.2) is 42.2 Å². The number of nitrogens with one attached hydrogen (secondary N) is 2. The van der Waals surface area contributed by atoms with Crippen molar-refractivity contribution in [2.75, 3.05) is 6.54 Å². The predicted molar refractivity (Wildman–Crippen MR) is 146 cm³/mol. The molecule has 0 radical (unpaired) electrons. The molecule has 2 heterocycles. The van der Waals surface area contributed by atoms with Crippen molar-refractivity contribution < 1.29 is 26.4 Å². The molecule has 0 aliphatic carbocycles. The molecule has 0 bridgehead atoms. The van der Waals surface area contributed by atoms with E-state index in [-0.39, 0.29) is 30.4 Å². The molecule has 11 heteroatoms. The van der Waals surface area contributed by atoms with E-state index in [2.05, 4.69) is 29.5 Å². The molecule has 2 N–H and O–H groups in total. The first-order chi connectivity index (χ1) is 18.9. The van der Waals surface area contributed by atoms with E-state index in [9.17, 15) is 26.4 Å². The van der Waals surface area contributed by atoms with Crippen molar-refractivity contribution in [1.29, 1.82) is 0 Å². The first kappa shape index (κ1) is 29.7. The third kappa shape index (κ3) is 7.26. The Hall–Kier alpha value is -3.28. The molecule has 0 unspecified atom stereocenters. The van der Waals surface area contributed by atoms with E-state index in [1.807, 2.05) is 36.4 Å². The molecule has 1 aromatic heterocycles. The highest BCUT2D eigenvalue weighted by molar-refractivity contribution is 7.89. The van der Waals surface area contributed by atoms with Crippen molar-refractivity contribution in [3.8, 4) is 0 Å². The lowest BCUT2D eigenvalue weighted by Gasteiger charge is -2.38. The summed E-state index contributed by atoms with van der Waals surface area (Å²) in [5, 5.41) is 6.26. The van der Waals surface area contributed by atoms with Crippen LogP contribution < -0.4 is 10.6 Å². The fraction of sp³-hybridized carbons (Fsp3) is 0.379. The largest absolute Gasteiger partial charge is 0.416 e. The maximum absolute atomic E-state index is 13.6. The number of rotatable bonds is 9. The van der Waals surface area contributed by atoms with Gasteiger partial charge in [-0.3, -0.25) is 9.78 Å². The molecule has 1 amide bonds. The van der Waals surface area contributed by atoms with Crippen molar-refractivity contribution in [2.45, 2.75) is 68.9 Å². The van der Waals surface area contributed by atoms with Gasteiger partial charge in [0.1, 0.15) is 6.04 Å². The van der Waals surface area contributed by atoms with Crippen molar-refractivity contribution in [3.05, 3.63) is 95.3 Å². The molecule has 7 nitrogen and oxygen atoms in total. The molecule has 1 aliphatic heterocycles. The average molecular weight is 575 g/mol. The van der Waals surface area contributed by atoms with Crippen LogP contribution in [0.5, 0.6) is 0 Å². The maximum Gasteiger partial charge on any atom is 0.416 e. The first-order valence-electron chi connectivity index (χ1n) is 13.1. The molecule has 3 aromatic rings. The summed E-state index contributed by atoms with van der Waals surface area (Å²) < 4.78 is 67.4. The highest BCUT2D eigenvalue weighted by atomic mass is 32.2. The minimum Gasteiger partial charge on any atom is -0.351 e. The van der Waals surface area contributed by atoms with Gasteiger partial charge in [-0.15, -0.1) is 0 Å². The number of aromatic nitrogens is 1. The van der Waals surface area contributed by atoms with E-state index in [1.54, 1.807) is 12.4 Å². The van der Waals surface area contributed by atoms with Crippen LogP contribution in [0.3, 0.4) is 0 Å². The number of amides is 1. The summed E-state index contributed by atoms with van der Waals surface area (Å²) in [7, 11) is -4.24. The number of alkyl halides is 3. The lowest BCUT2D eigenvalue weighted by Crippen LogP contribution is -2.56. The van der Waals surface area contributed by atoms with Crippen LogP contribution in [0.15, 0.2) is 78.0 Å². The Morgan fingerprint density at radius 3 is 2.20 bits per heavy atom. The van der Waals surface area contributed by atoms with Crippen LogP contribution in [0.2, 0.25) is 0 Å². The Labute approximate surface area is 232 Å². The third-order valence-corrected chi connectivity index (χ3v) is 9.02. The van der Waals surface area contributed by atoms with E-state index < -0.39 is 33.7 Å². The smallest absolute Gasteiger partial charge is 0.351 e. The molecule has 214 valence electrons. The van der Waals surface area contributed by atoms with E-state index >= 15 is 0 Å². The molecule has 1 saturated heterocycles. The molecule has 40 heavy (non-hydrogen) atoms. The molecule has 0 spiro atoms. The van der Waals surface area contributed by atoms with Gasteiger partial charge in [0.15, 0.2) is 0 Å². The van der Waals surface area contributed by atoms with E-state index in [0.717, 1.165) is 39.7 Å². The molecular weight excluding hydrogens is 541 g/mol. The number of nitrogens with zero attached hydrogens (tertiary/aromatic N) is 2. The highest BCUT2D eigenvalue weighted by Crippen LogP contribution is 2.31. The van der Waals surface area contributed by atoms with Gasteiger partial charge in [-0.05, 0) is 71.8 Å². The number of piperidine rings is 1. The number of sulfonamides is 1. The number of hydrogen-bond donors (Lipinski definition) is 2. The fourth-order valence-corrected chi connectivity index (χ4v) is 6.31. The molecule has 2 aromatic carbocycles. The average Bonchev–Trinajstić information content (AvgIpc) is 2.95. The summed E-state index contributed by atoms with van der Waals surface area (Å²) in [6, 6.07) is 13.8. The van der Waals surface area contributed by atoms with E-state index in [1.165, 1.54) is 5.56 Å². The lowest BCUT2D eigenvalue weighted by atomic mass is 9.98. The number of benzene rings is 2. The van der Waals surface area contributed by atoms with Crippen LogP contribution in [-0.2, 0) is 34.1 Å². The molecule has 2 atom stereocenters. The number of halogens is 3. The van der Waals surface area contributed by atoms with Gasteiger partial charge in [0.05, 0.1) is 10.5 Å². The van der Waals surface area contributed by atoms with Gasteiger partial charge < -0.3 is 10.6 Å². The Morgan fingerprint density at radius 2 is 1.60 bits per heavy atom. The van der Waals surface area contributed by atoms with Crippen LogP contribution in [0.1, 0.15) is 54.9 Å². The van der Waals surface area contributed by atoms with Gasteiger partial charge in [0.2, 0.25) is 15.9 Å². The Bertz CT molecular complexity index is 1380. The van der Waals surface area contributed by atoms with Crippen molar-refractivity contribution in [1.82, 2.24) is 19.9 Å². The predicted octanol–water partition coefficient (Wildman–Crippen LogP) is 4.85. The normalized spacial score (nSPS) is 18.6. The molecule has 1 fully saturated rings. The molecule has 4 rings (SSSR count). The van der Waals surface area contributed by atoms with Gasteiger partial charge in [0, 0.05) is 38.1 Å². The quantitative estimate of drug-likeness (QED) is 0.381. The fourth-order valence-electron chi connectivity index (χ4n) is 4.70. The molecule has 1 aliphatic rings. The van der Waals surface area contributed by atoms with E-state index in [4.69, 9.17) is 0 Å². The van der Waals surface area contributed by atoms with Gasteiger partial charge in [-0.2, -0.15) is 17.5 Å². The minimum absolute atomic E-state index is 0.0402. The third-order valence-electron chi connectivity index (χ3n) is 7.10. The van der Waals surface area contributed by atoms with Gasteiger partial charge >= 0.3 is 6.18 Å². The van der Waals surface area contributed by atoms with Crippen molar-refractivity contribution in [3.63, 3.8) is 0 Å². The SMILES string of the molecule is CC(C)c1ccc(CNC(=O)[C@H]2C[C@H](NCc3ccncc3)CCN2S(=O)(=O)c2ccc(C(F)(F)F)cc2)cc1. The molecular formula is C29H33F3N4O3S. The van der Waals surface area contributed by atoms with Crippen LogP contribution in [0.25, 0.3) is 0 Å². The number of pyridine rings is 1. The first-order valence-corrected chi connectivity index (χ1v) is 14.6. The van der Waals surface area contributed by atoms with Crippen molar-refractivity contribution in [2.24, 2.45) is 0 Å². The number of carbonyl (C=O) groups excluding carboxylic acids is 1. The van der Waals surface area contributed by atoms with Gasteiger partial charge in [0.25, 0.3) is 0 Å². The maximum atomic E-state index is 13.6. The zero-order valence-electron chi connectivity index (χ0n) is 22.4. The Morgan fingerprint density at radius 1 is 0.975 bits per heavy atom. The minimum atomic E-state index is -4.59. The zero-order chi connectivity index (χ0) is 28.9. The van der Waals surface area contributed by atoms with Crippen LogP contribution in [0, 0.1) is 0 Å². The highest BCUT2D eigenvalue weighted by Gasteiger charge is 2.41. The summed E-state index contributed by atoms with van der Waals surface area (Å²) in [6.45, 7) is 4.96. The van der Waals surface area contributed by atoms with Crippen LogP contribution in [0.4, 0.5) is 13.2 Å². The van der Waals surface area contributed by atoms with E-state index in [0.29, 0.717) is 18.9 Å². The topological polar surface area (TPSA) is 91.4 Å². The van der Waals surface area contributed by atoms with Crippen molar-refractivity contribution >= 4 is 15.9 Å². The summed E-state index contributed by atoms with van der Waals surface area (Å²) in [5.74, 6) is -0.0924. The molecule has 0 saturated carbocycles. The Balaban J connectivity index is 1.52. The zero-order valence-corrected chi connectivity index (χ0v) is 23.2. The number of carbonyl (C=O) groups is 1. The second-order valence-electron chi connectivity index (χ2n) is 10.2. The summed E-state index contributed by atoms with van der Waals surface area (Å²) in [6.07, 6.45) is -0.578. The van der Waals surface area contributed by atoms with Gasteiger partial charge in [-0.1, -0.05) is 38.1 Å². The van der Waals surface area contributed by atoms with Gasteiger partial charge in [-0.25, -0.2) is 8.42 Å².